The topological polar surface area (TPSA) is 69.6 Å². The highest BCUT2D eigenvalue weighted by Crippen LogP contribution is 2.07. The zero-order valence-electron chi connectivity index (χ0n) is 9.95. The third-order valence-electron chi connectivity index (χ3n) is 1.79. The van der Waals surface area contributed by atoms with Crippen molar-refractivity contribution in [3.05, 3.63) is 0 Å². The first kappa shape index (κ1) is 14.8. The van der Waals surface area contributed by atoms with E-state index in [4.69, 9.17) is 0 Å². The molecule has 92 valence electrons. The number of rotatable bonds is 7. The Morgan fingerprint density at radius 1 is 1.33 bits per heavy atom. The van der Waals surface area contributed by atoms with Crippen molar-refractivity contribution in [1.82, 2.24) is 9.03 Å². The molecule has 0 aliphatic rings. The van der Waals surface area contributed by atoms with Crippen molar-refractivity contribution >= 4 is 10.2 Å². The van der Waals surface area contributed by atoms with Gasteiger partial charge in [-0.2, -0.15) is 12.7 Å². The SMILES string of the molecule is CCCNS(=O)(=O)N(CC)CC(C)(C)O. The molecule has 0 amide bonds. The Bertz CT molecular complexity index is 270. The molecule has 0 atom stereocenters. The van der Waals surface area contributed by atoms with E-state index in [0.29, 0.717) is 13.1 Å². The van der Waals surface area contributed by atoms with E-state index in [2.05, 4.69) is 4.72 Å². The molecular formula is C9H22N2O3S. The van der Waals surface area contributed by atoms with Gasteiger partial charge in [-0.3, -0.25) is 0 Å². The maximum atomic E-state index is 11.7. The first-order chi connectivity index (χ1) is 6.73. The smallest absolute Gasteiger partial charge is 0.279 e. The number of nitrogens with zero attached hydrogens (tertiary/aromatic N) is 1. The molecule has 0 saturated carbocycles. The molecule has 0 saturated heterocycles. The summed E-state index contributed by atoms with van der Waals surface area (Å²) in [7, 11) is -3.44. The maximum Gasteiger partial charge on any atom is 0.279 e. The van der Waals surface area contributed by atoms with Crippen LogP contribution in [0.1, 0.15) is 34.1 Å². The Balaban J connectivity index is 4.52. The molecule has 0 radical (unpaired) electrons. The zero-order chi connectivity index (χ0) is 12.1. The molecule has 0 fully saturated rings. The molecule has 15 heavy (non-hydrogen) atoms. The van der Waals surface area contributed by atoms with Crippen LogP contribution in [-0.4, -0.2) is 43.1 Å². The number of nitrogens with one attached hydrogen (secondary N) is 1. The van der Waals surface area contributed by atoms with Gasteiger partial charge in [-0.05, 0) is 20.3 Å². The fraction of sp³-hybridized carbons (Fsp3) is 1.00. The van der Waals surface area contributed by atoms with Gasteiger partial charge in [0.2, 0.25) is 0 Å². The van der Waals surface area contributed by atoms with Gasteiger partial charge in [-0.15, -0.1) is 0 Å². The largest absolute Gasteiger partial charge is 0.389 e. The molecule has 0 aromatic carbocycles. The molecule has 0 aliphatic heterocycles. The van der Waals surface area contributed by atoms with Crippen LogP contribution in [0.5, 0.6) is 0 Å². The van der Waals surface area contributed by atoms with Gasteiger partial charge in [-0.1, -0.05) is 13.8 Å². The minimum Gasteiger partial charge on any atom is -0.389 e. The molecule has 6 heteroatoms. The Hall–Kier alpha value is -0.170. The minimum absolute atomic E-state index is 0.0997. The van der Waals surface area contributed by atoms with Crippen molar-refractivity contribution in [1.29, 1.82) is 0 Å². The number of likely N-dealkylation sites (N-methyl/N-ethyl adjacent to an activating group) is 1. The van der Waals surface area contributed by atoms with Crippen molar-refractivity contribution in [3.8, 4) is 0 Å². The van der Waals surface area contributed by atoms with Crippen LogP contribution in [0.4, 0.5) is 0 Å². The summed E-state index contributed by atoms with van der Waals surface area (Å²) in [5.74, 6) is 0. The zero-order valence-corrected chi connectivity index (χ0v) is 10.8. The molecule has 5 nitrogen and oxygen atoms in total. The van der Waals surface area contributed by atoms with Gasteiger partial charge in [0.25, 0.3) is 10.2 Å². The summed E-state index contributed by atoms with van der Waals surface area (Å²) >= 11 is 0. The van der Waals surface area contributed by atoms with Gasteiger partial charge < -0.3 is 5.11 Å². The van der Waals surface area contributed by atoms with E-state index in [0.717, 1.165) is 6.42 Å². The molecule has 2 N–H and O–H groups in total. The molecule has 0 unspecified atom stereocenters. The second kappa shape index (κ2) is 5.79. The lowest BCUT2D eigenvalue weighted by molar-refractivity contribution is 0.0598. The average molecular weight is 238 g/mol. The molecule has 0 aromatic heterocycles. The Kier molecular flexibility index (Phi) is 5.72. The maximum absolute atomic E-state index is 11.7. The molecule has 0 spiro atoms. The first-order valence-electron chi connectivity index (χ1n) is 5.20. The van der Waals surface area contributed by atoms with Gasteiger partial charge >= 0.3 is 0 Å². The van der Waals surface area contributed by atoms with Crippen LogP contribution in [0.15, 0.2) is 0 Å². The highest BCUT2D eigenvalue weighted by Gasteiger charge is 2.25. The first-order valence-corrected chi connectivity index (χ1v) is 6.64. The van der Waals surface area contributed by atoms with E-state index in [-0.39, 0.29) is 6.54 Å². The van der Waals surface area contributed by atoms with Crippen molar-refractivity contribution in [2.75, 3.05) is 19.6 Å². The summed E-state index contributed by atoms with van der Waals surface area (Å²) in [5, 5.41) is 9.57. The quantitative estimate of drug-likeness (QED) is 0.671. The summed E-state index contributed by atoms with van der Waals surface area (Å²) in [6.07, 6.45) is 0.749. The van der Waals surface area contributed by atoms with Crippen LogP contribution in [0.25, 0.3) is 0 Å². The van der Waals surface area contributed by atoms with Crippen molar-refractivity contribution in [2.45, 2.75) is 39.7 Å². The lowest BCUT2D eigenvalue weighted by Crippen LogP contribution is -2.47. The summed E-state index contributed by atoms with van der Waals surface area (Å²) < 4.78 is 27.1. The summed E-state index contributed by atoms with van der Waals surface area (Å²) in [6.45, 7) is 7.69. The van der Waals surface area contributed by atoms with E-state index in [1.165, 1.54) is 4.31 Å². The summed E-state index contributed by atoms with van der Waals surface area (Å²) in [5.41, 5.74) is -1.02. The highest BCUT2D eigenvalue weighted by molar-refractivity contribution is 7.87. The predicted octanol–water partition coefficient (Wildman–Crippen LogP) is 0.324. The Morgan fingerprint density at radius 2 is 1.87 bits per heavy atom. The second-order valence-corrected chi connectivity index (χ2v) is 5.89. The second-order valence-electron chi connectivity index (χ2n) is 4.14. The van der Waals surface area contributed by atoms with Crippen LogP contribution >= 0.6 is 0 Å². The summed E-state index contributed by atoms with van der Waals surface area (Å²) in [4.78, 5) is 0. The van der Waals surface area contributed by atoms with Gasteiger partial charge in [0.1, 0.15) is 0 Å². The third-order valence-corrected chi connectivity index (χ3v) is 3.43. The van der Waals surface area contributed by atoms with E-state index in [9.17, 15) is 13.5 Å². The molecule has 0 rings (SSSR count). The van der Waals surface area contributed by atoms with E-state index < -0.39 is 15.8 Å². The van der Waals surface area contributed by atoms with Crippen LogP contribution < -0.4 is 4.72 Å². The molecular weight excluding hydrogens is 216 g/mol. The van der Waals surface area contributed by atoms with Crippen LogP contribution in [0, 0.1) is 0 Å². The lowest BCUT2D eigenvalue weighted by Gasteiger charge is -2.27. The molecule has 0 heterocycles. The average Bonchev–Trinajstić information content (AvgIpc) is 2.09. The Morgan fingerprint density at radius 3 is 2.20 bits per heavy atom. The van der Waals surface area contributed by atoms with Crippen molar-refractivity contribution in [2.24, 2.45) is 0 Å². The highest BCUT2D eigenvalue weighted by atomic mass is 32.2. The van der Waals surface area contributed by atoms with Gasteiger partial charge in [0, 0.05) is 19.6 Å². The van der Waals surface area contributed by atoms with Gasteiger partial charge in [-0.25, -0.2) is 4.72 Å². The Labute approximate surface area is 92.7 Å². The third kappa shape index (κ3) is 6.09. The van der Waals surface area contributed by atoms with Crippen LogP contribution in [0.2, 0.25) is 0 Å². The van der Waals surface area contributed by atoms with E-state index >= 15 is 0 Å². The van der Waals surface area contributed by atoms with Crippen LogP contribution in [-0.2, 0) is 10.2 Å². The van der Waals surface area contributed by atoms with Crippen molar-refractivity contribution < 1.29 is 13.5 Å². The number of hydrogen-bond acceptors (Lipinski definition) is 3. The number of aliphatic hydroxyl groups is 1. The minimum atomic E-state index is -3.44. The number of hydrogen-bond donors (Lipinski definition) is 2. The van der Waals surface area contributed by atoms with Crippen LogP contribution in [0.3, 0.4) is 0 Å². The lowest BCUT2D eigenvalue weighted by atomic mass is 10.1. The van der Waals surface area contributed by atoms with Gasteiger partial charge in [0.15, 0.2) is 0 Å². The fourth-order valence-corrected chi connectivity index (χ4v) is 2.59. The normalized spacial score (nSPS) is 13.5. The summed E-state index contributed by atoms with van der Waals surface area (Å²) in [6, 6.07) is 0. The monoisotopic (exact) mass is 238 g/mol. The van der Waals surface area contributed by atoms with E-state index in [1.54, 1.807) is 20.8 Å². The molecule has 0 aromatic rings. The predicted molar refractivity (Wildman–Crippen MR) is 60.8 cm³/mol. The molecule has 0 aliphatic carbocycles. The van der Waals surface area contributed by atoms with Gasteiger partial charge in [0.05, 0.1) is 5.60 Å². The fourth-order valence-electron chi connectivity index (χ4n) is 1.12. The van der Waals surface area contributed by atoms with E-state index in [1.807, 2.05) is 6.92 Å². The standard InChI is InChI=1S/C9H22N2O3S/c1-5-7-10-15(13,14)11(6-2)8-9(3,4)12/h10,12H,5-8H2,1-4H3. The van der Waals surface area contributed by atoms with Crippen molar-refractivity contribution in [3.63, 3.8) is 0 Å². The molecule has 0 bridgehead atoms.